The highest BCUT2D eigenvalue weighted by atomic mass is 35.5. The standard InChI is InChI=1S/C29H34ClN3O8S2/c1-19-16-33(20(2)18-34)29(35)25-6-5-7-26(31-42(36,37)23-12-8-21(30)9-13-23)28(25)41-27(19)17-32(3)43(38,39)24-14-10-22(40-4)11-15-24/h5-15,19-20,27,31,34H,16-18H2,1-4H3/t19-,20+,27-/m1/s1. The van der Waals surface area contributed by atoms with Crippen LogP contribution >= 0.6 is 11.6 Å². The number of aliphatic hydroxyl groups is 1. The molecule has 0 bridgehead atoms. The van der Waals surface area contributed by atoms with Crippen LogP contribution < -0.4 is 14.2 Å². The number of benzene rings is 3. The number of hydrogen-bond acceptors (Lipinski definition) is 8. The number of carbonyl (C=O) groups is 1. The maximum absolute atomic E-state index is 13.7. The van der Waals surface area contributed by atoms with Crippen molar-refractivity contribution in [1.82, 2.24) is 9.21 Å². The Labute approximate surface area is 257 Å². The molecule has 0 aliphatic carbocycles. The van der Waals surface area contributed by atoms with E-state index in [4.69, 9.17) is 21.1 Å². The molecule has 1 heterocycles. The first-order valence-corrected chi connectivity index (χ1v) is 16.7. The normalized spacial score (nSPS) is 18.3. The highest BCUT2D eigenvalue weighted by molar-refractivity contribution is 7.92. The lowest BCUT2D eigenvalue weighted by atomic mass is 9.99. The molecule has 2 N–H and O–H groups in total. The number of nitrogens with one attached hydrogen (secondary N) is 1. The third kappa shape index (κ3) is 7.07. The minimum atomic E-state index is -4.13. The molecule has 1 aliphatic rings. The molecule has 0 fully saturated rings. The first kappa shape index (κ1) is 32.6. The van der Waals surface area contributed by atoms with E-state index < -0.39 is 44.0 Å². The third-order valence-electron chi connectivity index (χ3n) is 7.26. The fourth-order valence-electron chi connectivity index (χ4n) is 4.64. The van der Waals surface area contributed by atoms with Gasteiger partial charge >= 0.3 is 0 Å². The van der Waals surface area contributed by atoms with Crippen molar-refractivity contribution in [3.63, 3.8) is 0 Å². The van der Waals surface area contributed by atoms with Crippen LogP contribution in [0.25, 0.3) is 0 Å². The van der Waals surface area contributed by atoms with Gasteiger partial charge in [0.25, 0.3) is 15.9 Å². The number of para-hydroxylation sites is 1. The number of ether oxygens (including phenoxy) is 2. The van der Waals surface area contributed by atoms with E-state index in [2.05, 4.69) is 4.72 Å². The quantitative estimate of drug-likeness (QED) is 0.338. The minimum Gasteiger partial charge on any atom is -0.497 e. The Balaban J connectivity index is 1.74. The second kappa shape index (κ2) is 13.1. The van der Waals surface area contributed by atoms with Crippen LogP contribution in [0.3, 0.4) is 0 Å². The van der Waals surface area contributed by atoms with Crippen molar-refractivity contribution in [1.29, 1.82) is 0 Å². The number of rotatable bonds is 10. The number of anilines is 1. The van der Waals surface area contributed by atoms with Gasteiger partial charge in [0.15, 0.2) is 5.75 Å². The number of hydrogen-bond donors (Lipinski definition) is 2. The number of sulfonamides is 2. The van der Waals surface area contributed by atoms with Crippen molar-refractivity contribution in [3.05, 3.63) is 77.3 Å². The average molecular weight is 652 g/mol. The Bertz CT molecular complexity index is 1670. The van der Waals surface area contributed by atoms with Crippen molar-refractivity contribution in [2.24, 2.45) is 5.92 Å². The highest BCUT2D eigenvalue weighted by Crippen LogP contribution is 2.36. The van der Waals surface area contributed by atoms with Crippen molar-refractivity contribution in [2.45, 2.75) is 35.8 Å². The van der Waals surface area contributed by atoms with Crippen molar-refractivity contribution >= 4 is 43.2 Å². The summed E-state index contributed by atoms with van der Waals surface area (Å²) >= 11 is 5.93. The molecule has 3 aromatic carbocycles. The monoisotopic (exact) mass is 651 g/mol. The van der Waals surface area contributed by atoms with Crippen LogP contribution in [-0.2, 0) is 20.0 Å². The molecule has 0 unspecified atom stereocenters. The number of carbonyl (C=O) groups excluding carboxylic acids is 1. The van der Waals surface area contributed by atoms with Crippen LogP contribution in [0.5, 0.6) is 11.5 Å². The number of aliphatic hydroxyl groups excluding tert-OH is 1. The average Bonchev–Trinajstić information content (AvgIpc) is 2.98. The van der Waals surface area contributed by atoms with Gasteiger partial charge in [0.2, 0.25) is 10.0 Å². The molecule has 0 saturated carbocycles. The molecule has 0 radical (unpaired) electrons. The molecule has 14 heteroatoms. The molecule has 0 spiro atoms. The largest absolute Gasteiger partial charge is 0.497 e. The maximum Gasteiger partial charge on any atom is 0.262 e. The molecule has 0 saturated heterocycles. The summed E-state index contributed by atoms with van der Waals surface area (Å²) < 4.78 is 68.6. The summed E-state index contributed by atoms with van der Waals surface area (Å²) in [5, 5.41) is 10.3. The van der Waals surface area contributed by atoms with Gasteiger partial charge in [-0.1, -0.05) is 24.6 Å². The van der Waals surface area contributed by atoms with E-state index >= 15 is 0 Å². The maximum atomic E-state index is 13.7. The molecule has 11 nitrogen and oxygen atoms in total. The lowest BCUT2D eigenvalue weighted by Crippen LogP contribution is -2.50. The molecule has 232 valence electrons. The zero-order chi connectivity index (χ0) is 31.5. The van der Waals surface area contributed by atoms with Gasteiger partial charge < -0.3 is 19.5 Å². The van der Waals surface area contributed by atoms with Crippen molar-refractivity contribution in [2.75, 3.05) is 38.6 Å². The molecule has 1 amide bonds. The van der Waals surface area contributed by atoms with E-state index in [9.17, 15) is 26.7 Å². The van der Waals surface area contributed by atoms with Gasteiger partial charge in [-0.2, -0.15) is 4.31 Å². The van der Waals surface area contributed by atoms with E-state index in [-0.39, 0.29) is 46.5 Å². The predicted molar refractivity (Wildman–Crippen MR) is 163 cm³/mol. The fraction of sp³-hybridized carbons (Fsp3) is 0.345. The third-order valence-corrected chi connectivity index (χ3v) is 10.7. The Hall–Kier alpha value is -3.36. The van der Waals surface area contributed by atoms with E-state index in [1.807, 2.05) is 0 Å². The van der Waals surface area contributed by atoms with E-state index in [0.29, 0.717) is 10.8 Å². The van der Waals surface area contributed by atoms with Gasteiger partial charge in [-0.05, 0) is 67.6 Å². The second-order valence-electron chi connectivity index (χ2n) is 10.3. The van der Waals surface area contributed by atoms with Gasteiger partial charge in [-0.15, -0.1) is 0 Å². The van der Waals surface area contributed by atoms with Gasteiger partial charge in [-0.25, -0.2) is 16.8 Å². The Morgan fingerprint density at radius 2 is 1.70 bits per heavy atom. The number of nitrogens with zero attached hydrogens (tertiary/aromatic N) is 2. The molecule has 0 aromatic heterocycles. The van der Waals surface area contributed by atoms with Crippen LogP contribution in [-0.4, -0.2) is 83.1 Å². The molecule has 1 aliphatic heterocycles. The Kier molecular flexibility index (Phi) is 9.92. The number of methoxy groups -OCH3 is 1. The number of amides is 1. The summed E-state index contributed by atoms with van der Waals surface area (Å²) in [4.78, 5) is 15.2. The predicted octanol–water partition coefficient (Wildman–Crippen LogP) is 3.69. The second-order valence-corrected chi connectivity index (χ2v) is 14.5. The van der Waals surface area contributed by atoms with Crippen LogP contribution in [0, 0.1) is 5.92 Å². The zero-order valence-electron chi connectivity index (χ0n) is 24.1. The van der Waals surface area contributed by atoms with E-state index in [0.717, 1.165) is 4.31 Å². The molecular formula is C29H34ClN3O8S2. The van der Waals surface area contributed by atoms with Gasteiger partial charge in [0.05, 0.1) is 47.3 Å². The zero-order valence-corrected chi connectivity index (χ0v) is 26.5. The summed E-state index contributed by atoms with van der Waals surface area (Å²) in [5.74, 6) is -0.437. The number of fused-ring (bicyclic) bond motifs is 1. The lowest BCUT2D eigenvalue weighted by molar-refractivity contribution is 0.0389. The molecule has 3 atom stereocenters. The van der Waals surface area contributed by atoms with Gasteiger partial charge in [-0.3, -0.25) is 9.52 Å². The highest BCUT2D eigenvalue weighted by Gasteiger charge is 2.36. The van der Waals surface area contributed by atoms with Crippen LogP contribution in [0.4, 0.5) is 5.69 Å². The van der Waals surface area contributed by atoms with Crippen molar-refractivity contribution in [3.8, 4) is 11.5 Å². The van der Waals surface area contributed by atoms with Crippen LogP contribution in [0.2, 0.25) is 5.02 Å². The van der Waals surface area contributed by atoms with Gasteiger partial charge in [0.1, 0.15) is 11.9 Å². The summed E-state index contributed by atoms with van der Waals surface area (Å²) in [5.41, 5.74) is 0.0614. The topological polar surface area (TPSA) is 143 Å². The summed E-state index contributed by atoms with van der Waals surface area (Å²) in [6.07, 6.45) is -0.820. The van der Waals surface area contributed by atoms with E-state index in [1.165, 1.54) is 73.7 Å². The summed E-state index contributed by atoms with van der Waals surface area (Å²) in [7, 11) is -5.18. The molecule has 4 rings (SSSR count). The van der Waals surface area contributed by atoms with Crippen molar-refractivity contribution < 1.29 is 36.2 Å². The van der Waals surface area contributed by atoms with E-state index in [1.54, 1.807) is 26.0 Å². The molecule has 3 aromatic rings. The Morgan fingerprint density at radius 3 is 2.30 bits per heavy atom. The SMILES string of the molecule is COc1ccc(S(=O)(=O)N(C)C[C@H]2Oc3c(NS(=O)(=O)c4ccc(Cl)cc4)cccc3C(=O)N([C@@H](C)CO)C[C@H]2C)cc1. The fourth-order valence-corrected chi connectivity index (χ4v) is 7.01. The molecule has 43 heavy (non-hydrogen) atoms. The van der Waals surface area contributed by atoms with Crippen LogP contribution in [0.15, 0.2) is 76.5 Å². The van der Waals surface area contributed by atoms with Crippen LogP contribution in [0.1, 0.15) is 24.2 Å². The summed E-state index contributed by atoms with van der Waals surface area (Å²) in [6, 6.07) is 15.4. The number of halogens is 1. The number of likely N-dealkylation sites (N-methyl/N-ethyl adjacent to an activating group) is 1. The van der Waals surface area contributed by atoms with Gasteiger partial charge in [0, 0.05) is 24.5 Å². The minimum absolute atomic E-state index is 0.00262. The lowest BCUT2D eigenvalue weighted by Gasteiger charge is -2.38. The Morgan fingerprint density at radius 1 is 1.07 bits per heavy atom. The smallest absolute Gasteiger partial charge is 0.262 e. The summed E-state index contributed by atoms with van der Waals surface area (Å²) in [6.45, 7) is 3.21. The first-order valence-electron chi connectivity index (χ1n) is 13.4. The molecular weight excluding hydrogens is 618 g/mol. The first-order chi connectivity index (χ1) is 20.3.